The van der Waals surface area contributed by atoms with Gasteiger partial charge in [-0.15, -0.1) is 0 Å². The van der Waals surface area contributed by atoms with Gasteiger partial charge in [0.05, 0.1) is 0 Å². The second kappa shape index (κ2) is 7.45. The Bertz CT molecular complexity index is 517. The van der Waals surface area contributed by atoms with Crippen molar-refractivity contribution in [3.63, 3.8) is 0 Å². The molecule has 1 aliphatic carbocycles. The van der Waals surface area contributed by atoms with Crippen molar-refractivity contribution < 1.29 is 5.11 Å². The van der Waals surface area contributed by atoms with E-state index in [9.17, 15) is 5.11 Å². The fourth-order valence-corrected chi connectivity index (χ4v) is 9.59. The third-order valence-electron chi connectivity index (χ3n) is 5.90. The number of hydrogen-bond acceptors (Lipinski definition) is 2. The predicted octanol–water partition coefficient (Wildman–Crippen LogP) is 3.71. The number of piperidine rings is 1. The van der Waals surface area contributed by atoms with Gasteiger partial charge >= 0.3 is 146 Å². The van der Waals surface area contributed by atoms with Crippen molar-refractivity contribution in [1.82, 2.24) is 4.90 Å². The molecule has 3 rings (SSSR count). The second-order valence-electron chi connectivity index (χ2n) is 8.57. The first-order valence-corrected chi connectivity index (χ1v) is 19.5. The van der Waals surface area contributed by atoms with Crippen LogP contribution in [0.3, 0.4) is 0 Å². The van der Waals surface area contributed by atoms with E-state index in [1.165, 1.54) is 45.2 Å². The molecule has 1 saturated heterocycles. The summed E-state index contributed by atoms with van der Waals surface area (Å²) in [4.78, 5) is 10.2. The van der Waals surface area contributed by atoms with Gasteiger partial charge in [0.2, 0.25) is 0 Å². The molecule has 2 nitrogen and oxygen atoms in total. The number of likely N-dealkylation sites (tertiary alicyclic amines) is 1. The summed E-state index contributed by atoms with van der Waals surface area (Å²) in [6, 6.07) is 9.69. The fraction of sp³-hybridized carbons (Fsp3) is 0.700. The van der Waals surface area contributed by atoms with E-state index >= 15 is 0 Å². The van der Waals surface area contributed by atoms with Crippen molar-refractivity contribution in [2.75, 3.05) is 13.1 Å². The van der Waals surface area contributed by atoms with Crippen LogP contribution in [-0.2, 0) is 0 Å². The van der Waals surface area contributed by atoms with Gasteiger partial charge < -0.3 is 0 Å². The first-order chi connectivity index (χ1) is 11.0. The number of aliphatic hydroxyl groups is 1. The normalized spacial score (nSPS) is 28.0. The Morgan fingerprint density at radius 2 is 1.61 bits per heavy atom. The molecule has 23 heavy (non-hydrogen) atoms. The van der Waals surface area contributed by atoms with Crippen molar-refractivity contribution in [3.05, 3.63) is 29.8 Å². The van der Waals surface area contributed by atoms with Crippen molar-refractivity contribution in [2.24, 2.45) is 0 Å². The SMILES string of the molecule is [CH3][Sn]([CH3])([CH3])[c]1ccccc1C1CCN(C2CCCC[C@H]2O)CC1. The van der Waals surface area contributed by atoms with E-state index in [0.29, 0.717) is 6.04 Å². The van der Waals surface area contributed by atoms with Gasteiger partial charge in [0.1, 0.15) is 0 Å². The number of nitrogens with zero attached hydrogens (tertiary/aromatic N) is 1. The molecule has 1 aromatic carbocycles. The molecule has 0 spiro atoms. The summed E-state index contributed by atoms with van der Waals surface area (Å²) in [5.74, 6) is 0.735. The summed E-state index contributed by atoms with van der Waals surface area (Å²) in [5, 5.41) is 10.3. The van der Waals surface area contributed by atoms with E-state index in [1.54, 1.807) is 9.14 Å². The van der Waals surface area contributed by atoms with E-state index < -0.39 is 18.4 Å². The van der Waals surface area contributed by atoms with Gasteiger partial charge in [-0.05, 0) is 0 Å². The van der Waals surface area contributed by atoms with E-state index in [-0.39, 0.29) is 6.10 Å². The summed E-state index contributed by atoms with van der Waals surface area (Å²) >= 11 is -2.04. The Kier molecular flexibility index (Phi) is 5.75. The molecule has 1 aliphatic heterocycles. The summed E-state index contributed by atoms with van der Waals surface area (Å²) < 4.78 is 1.72. The van der Waals surface area contributed by atoms with Crippen LogP contribution >= 0.6 is 0 Å². The number of hydrogen-bond donors (Lipinski definition) is 1. The van der Waals surface area contributed by atoms with Crippen LogP contribution in [-0.4, -0.2) is 53.6 Å². The molecule has 1 heterocycles. The maximum absolute atomic E-state index is 10.3. The van der Waals surface area contributed by atoms with E-state index in [4.69, 9.17) is 0 Å². The van der Waals surface area contributed by atoms with Crippen LogP contribution in [0.4, 0.5) is 0 Å². The zero-order valence-corrected chi connectivity index (χ0v) is 17.9. The third-order valence-corrected chi connectivity index (χ3v) is 11.8. The quantitative estimate of drug-likeness (QED) is 0.751. The van der Waals surface area contributed by atoms with Crippen molar-refractivity contribution >= 4 is 22.0 Å². The van der Waals surface area contributed by atoms with Crippen molar-refractivity contribution in [3.8, 4) is 0 Å². The Labute approximate surface area is 146 Å². The Hall–Kier alpha value is -0.0613. The number of benzene rings is 1. The fourth-order valence-electron chi connectivity index (χ4n) is 4.60. The van der Waals surface area contributed by atoms with Crippen LogP contribution in [0.25, 0.3) is 0 Å². The van der Waals surface area contributed by atoms with Gasteiger partial charge in [0, 0.05) is 0 Å². The molecule has 0 amide bonds. The second-order valence-corrected chi connectivity index (χ2v) is 22.9. The average Bonchev–Trinajstić information content (AvgIpc) is 2.55. The van der Waals surface area contributed by atoms with Gasteiger partial charge in [0.15, 0.2) is 0 Å². The molecule has 3 heteroatoms. The van der Waals surface area contributed by atoms with Crippen LogP contribution < -0.4 is 3.58 Å². The zero-order chi connectivity index (χ0) is 16.4. The Morgan fingerprint density at radius 3 is 2.26 bits per heavy atom. The van der Waals surface area contributed by atoms with Gasteiger partial charge in [-0.2, -0.15) is 0 Å². The molecule has 0 bridgehead atoms. The summed E-state index contributed by atoms with van der Waals surface area (Å²) in [5.41, 5.74) is 1.65. The van der Waals surface area contributed by atoms with Gasteiger partial charge in [-0.3, -0.25) is 0 Å². The molecule has 0 aromatic heterocycles. The summed E-state index contributed by atoms with van der Waals surface area (Å²) in [6.07, 6.45) is 7.15. The molecule has 2 aliphatic rings. The molecule has 1 aromatic rings. The van der Waals surface area contributed by atoms with E-state index in [0.717, 1.165) is 12.3 Å². The van der Waals surface area contributed by atoms with E-state index in [1.807, 2.05) is 0 Å². The van der Waals surface area contributed by atoms with Gasteiger partial charge in [-0.1, -0.05) is 0 Å². The summed E-state index contributed by atoms with van der Waals surface area (Å²) in [6.45, 7) is 2.33. The van der Waals surface area contributed by atoms with Crippen LogP contribution in [0.5, 0.6) is 0 Å². The Balaban J connectivity index is 1.68. The molecule has 2 atom stereocenters. The van der Waals surface area contributed by atoms with Crippen molar-refractivity contribution in [2.45, 2.75) is 71.4 Å². The number of aliphatic hydroxyl groups excluding tert-OH is 1. The maximum atomic E-state index is 10.3. The first kappa shape index (κ1) is 17.8. The monoisotopic (exact) mass is 423 g/mol. The zero-order valence-electron chi connectivity index (χ0n) is 15.1. The molecule has 1 unspecified atom stereocenters. The topological polar surface area (TPSA) is 23.5 Å². The van der Waals surface area contributed by atoms with Crippen LogP contribution in [0.1, 0.15) is 50.0 Å². The van der Waals surface area contributed by atoms with Crippen LogP contribution in [0, 0.1) is 0 Å². The predicted molar refractivity (Wildman–Crippen MR) is 101 cm³/mol. The van der Waals surface area contributed by atoms with Gasteiger partial charge in [-0.25, -0.2) is 0 Å². The molecule has 128 valence electrons. The molecule has 2 fully saturated rings. The van der Waals surface area contributed by atoms with Crippen molar-refractivity contribution in [1.29, 1.82) is 0 Å². The Morgan fingerprint density at radius 1 is 0.957 bits per heavy atom. The van der Waals surface area contributed by atoms with E-state index in [2.05, 4.69) is 44.0 Å². The molecule has 1 saturated carbocycles. The molecular formula is C20H33NOSn. The van der Waals surface area contributed by atoms with Crippen LogP contribution in [0.15, 0.2) is 24.3 Å². The molecule has 0 radical (unpaired) electrons. The molecular weight excluding hydrogens is 389 g/mol. The summed E-state index contributed by atoms with van der Waals surface area (Å²) in [7, 11) is 0. The number of rotatable bonds is 3. The average molecular weight is 422 g/mol. The first-order valence-electron chi connectivity index (χ1n) is 9.48. The molecule has 1 N–H and O–H groups in total. The minimum absolute atomic E-state index is 0.0849. The minimum atomic E-state index is -2.04. The van der Waals surface area contributed by atoms with Crippen LogP contribution in [0.2, 0.25) is 14.8 Å². The standard InChI is InChI=1S/C17H24NO.3CH3.Sn/c19-17-9-5-4-8-16(17)18-12-10-15(11-13-18)14-6-2-1-3-7-14;;;;/h1-3,6,15-17,19H,4-5,8-13H2;3*1H3;/t16?,17-;;;;/m1..../s1. The van der Waals surface area contributed by atoms with Gasteiger partial charge in [0.25, 0.3) is 0 Å². The third kappa shape index (κ3) is 4.13.